The third-order valence-electron chi connectivity index (χ3n) is 7.57. The number of carbonyl (C=O) groups is 1. The van der Waals surface area contributed by atoms with E-state index in [4.69, 9.17) is 67.3 Å². The van der Waals surface area contributed by atoms with Crippen LogP contribution in [0.15, 0.2) is 48.5 Å². The highest BCUT2D eigenvalue weighted by molar-refractivity contribution is 5.89. The van der Waals surface area contributed by atoms with Gasteiger partial charge in [-0.2, -0.15) is 0 Å². The van der Waals surface area contributed by atoms with Crippen molar-refractivity contribution in [3.63, 3.8) is 0 Å². The predicted octanol–water partition coefficient (Wildman–Crippen LogP) is 3.90. The van der Waals surface area contributed by atoms with E-state index in [0.717, 1.165) is 25.1 Å². The molecule has 0 bridgehead atoms. The number of carbonyl (C=O) groups excluding carboxylic acids is 1. The van der Waals surface area contributed by atoms with Crippen molar-refractivity contribution < 1.29 is 66.4 Å². The van der Waals surface area contributed by atoms with E-state index in [2.05, 4.69) is 12.2 Å². The first kappa shape index (κ1) is 50.0. The number of anilines is 2. The van der Waals surface area contributed by atoms with Gasteiger partial charge in [0.25, 0.3) is 0 Å². The van der Waals surface area contributed by atoms with Crippen LogP contribution in [0.25, 0.3) is 0 Å². The monoisotopic (exact) mass is 812 g/mol. The van der Waals surface area contributed by atoms with Crippen molar-refractivity contribution in [3.05, 3.63) is 54.1 Å². The predicted molar refractivity (Wildman–Crippen MR) is 215 cm³/mol. The van der Waals surface area contributed by atoms with Crippen molar-refractivity contribution in [2.45, 2.75) is 19.8 Å². The summed E-state index contributed by atoms with van der Waals surface area (Å²) in [5, 5.41) is 3.32. The molecule has 0 heterocycles. The molecule has 57 heavy (non-hydrogen) atoms. The van der Waals surface area contributed by atoms with Gasteiger partial charge in [0, 0.05) is 12.2 Å². The third kappa shape index (κ3) is 30.6. The summed E-state index contributed by atoms with van der Waals surface area (Å²) >= 11 is 0. The standard InChI is InChI=1S/C41H68N2O14/c1-2-3-12-43-38-10-8-37(9-11-38)41(44)57-36-34-55-32-30-53-28-26-51-24-22-49-20-18-47-16-14-45-13-15-46-17-19-48-21-23-50-25-27-52-29-31-54-33-35-56-40-7-5-4-6-39(40)42/h4-11,43H,2-3,12-36,42H2,1H3. The first-order valence-electron chi connectivity index (χ1n) is 20.0. The van der Waals surface area contributed by atoms with Gasteiger partial charge in [-0.05, 0) is 42.8 Å². The number of hydrogen-bond acceptors (Lipinski definition) is 16. The zero-order valence-electron chi connectivity index (χ0n) is 34.0. The van der Waals surface area contributed by atoms with E-state index >= 15 is 0 Å². The van der Waals surface area contributed by atoms with Crippen LogP contribution in [0.1, 0.15) is 30.1 Å². The Bertz CT molecular complexity index is 1180. The molecule has 0 spiro atoms. The highest BCUT2D eigenvalue weighted by Gasteiger charge is 2.07. The number of esters is 1. The van der Waals surface area contributed by atoms with E-state index in [1.807, 2.05) is 30.3 Å². The number of benzene rings is 2. The van der Waals surface area contributed by atoms with Gasteiger partial charge < -0.3 is 72.6 Å². The fraction of sp³-hybridized carbons (Fsp3) is 0.683. The summed E-state index contributed by atoms with van der Waals surface area (Å²) in [6.45, 7) is 14.0. The first-order valence-corrected chi connectivity index (χ1v) is 20.0. The lowest BCUT2D eigenvalue weighted by atomic mass is 10.2. The lowest BCUT2D eigenvalue weighted by Gasteiger charge is -2.10. The normalized spacial score (nSPS) is 11.2. The van der Waals surface area contributed by atoms with Gasteiger partial charge >= 0.3 is 5.97 Å². The number of unbranched alkanes of at least 4 members (excludes halogenated alkanes) is 1. The van der Waals surface area contributed by atoms with Crippen LogP contribution in [-0.2, 0) is 56.8 Å². The van der Waals surface area contributed by atoms with Gasteiger partial charge in [-0.15, -0.1) is 0 Å². The molecule has 16 nitrogen and oxygen atoms in total. The number of nitrogens with one attached hydrogen (secondary N) is 1. The second-order valence-corrected chi connectivity index (χ2v) is 12.1. The number of nitrogen functional groups attached to an aromatic ring is 1. The van der Waals surface area contributed by atoms with Crippen molar-refractivity contribution in [1.29, 1.82) is 0 Å². The van der Waals surface area contributed by atoms with Crippen LogP contribution >= 0.6 is 0 Å². The third-order valence-corrected chi connectivity index (χ3v) is 7.57. The maximum Gasteiger partial charge on any atom is 0.338 e. The minimum Gasteiger partial charge on any atom is -0.489 e. The molecule has 0 fully saturated rings. The topological polar surface area (TPSA) is 175 Å². The molecule has 0 aliphatic heterocycles. The van der Waals surface area contributed by atoms with Gasteiger partial charge in [0.2, 0.25) is 0 Å². The van der Waals surface area contributed by atoms with Crippen LogP contribution < -0.4 is 15.8 Å². The van der Waals surface area contributed by atoms with E-state index in [1.165, 1.54) is 0 Å². The average Bonchev–Trinajstić information content (AvgIpc) is 3.23. The van der Waals surface area contributed by atoms with Crippen molar-refractivity contribution in [2.75, 3.05) is 176 Å². The molecule has 0 saturated heterocycles. The van der Waals surface area contributed by atoms with Crippen LogP contribution in [0.5, 0.6) is 5.75 Å². The van der Waals surface area contributed by atoms with Crippen LogP contribution in [0, 0.1) is 0 Å². The Kier molecular flexibility index (Phi) is 33.7. The molecule has 16 heteroatoms. The molecule has 0 unspecified atom stereocenters. The van der Waals surface area contributed by atoms with Gasteiger partial charge in [-0.3, -0.25) is 0 Å². The first-order chi connectivity index (χ1) is 28.2. The van der Waals surface area contributed by atoms with E-state index in [0.29, 0.717) is 169 Å². The zero-order chi connectivity index (χ0) is 40.5. The van der Waals surface area contributed by atoms with E-state index in [1.54, 1.807) is 18.2 Å². The second-order valence-electron chi connectivity index (χ2n) is 12.1. The Labute approximate surface area is 339 Å². The van der Waals surface area contributed by atoms with Crippen LogP contribution in [0.2, 0.25) is 0 Å². The molecule has 0 amide bonds. The number of nitrogens with two attached hydrogens (primary N) is 1. The molecular weight excluding hydrogens is 744 g/mol. The lowest BCUT2D eigenvalue weighted by molar-refractivity contribution is -0.0282. The number of hydrogen-bond donors (Lipinski definition) is 2. The maximum atomic E-state index is 12.1. The molecule has 2 aromatic carbocycles. The highest BCUT2D eigenvalue weighted by atomic mass is 16.6. The summed E-state index contributed by atoms with van der Waals surface area (Å²) in [6.07, 6.45) is 2.24. The summed E-state index contributed by atoms with van der Waals surface area (Å²) < 4.78 is 71.2. The van der Waals surface area contributed by atoms with Crippen molar-refractivity contribution >= 4 is 17.3 Å². The van der Waals surface area contributed by atoms with Gasteiger partial charge in [0.15, 0.2) is 0 Å². The molecule has 0 radical (unpaired) electrons. The second kappa shape index (κ2) is 38.4. The van der Waals surface area contributed by atoms with Gasteiger partial charge in [-0.1, -0.05) is 25.5 Å². The molecule has 3 N–H and O–H groups in total. The minimum atomic E-state index is -0.364. The quantitative estimate of drug-likeness (QED) is 0.0561. The Morgan fingerprint density at radius 2 is 0.825 bits per heavy atom. The fourth-order valence-corrected chi connectivity index (χ4v) is 4.53. The van der Waals surface area contributed by atoms with Crippen molar-refractivity contribution in [1.82, 2.24) is 0 Å². The van der Waals surface area contributed by atoms with Crippen LogP contribution in [-0.4, -0.2) is 171 Å². The largest absolute Gasteiger partial charge is 0.489 e. The zero-order valence-corrected chi connectivity index (χ0v) is 34.0. The number of ether oxygens (including phenoxy) is 13. The highest BCUT2D eigenvalue weighted by Crippen LogP contribution is 2.19. The Balaban J connectivity index is 1.16. The van der Waals surface area contributed by atoms with Crippen molar-refractivity contribution in [2.24, 2.45) is 0 Å². The van der Waals surface area contributed by atoms with Crippen molar-refractivity contribution in [3.8, 4) is 5.75 Å². The summed E-state index contributed by atoms with van der Waals surface area (Å²) in [6, 6.07) is 14.7. The van der Waals surface area contributed by atoms with E-state index < -0.39 is 0 Å². The van der Waals surface area contributed by atoms with Gasteiger partial charge in [0.05, 0.1) is 157 Å². The van der Waals surface area contributed by atoms with Crippen LogP contribution in [0.3, 0.4) is 0 Å². The summed E-state index contributed by atoms with van der Waals surface area (Å²) in [4.78, 5) is 12.1. The smallest absolute Gasteiger partial charge is 0.338 e. The Morgan fingerprint density at radius 3 is 1.19 bits per heavy atom. The maximum absolute atomic E-state index is 12.1. The molecule has 0 atom stereocenters. The molecule has 0 aliphatic carbocycles. The summed E-state index contributed by atoms with van der Waals surface area (Å²) in [7, 11) is 0. The van der Waals surface area contributed by atoms with Crippen LogP contribution in [0.4, 0.5) is 11.4 Å². The van der Waals surface area contributed by atoms with E-state index in [9.17, 15) is 4.79 Å². The molecule has 0 saturated carbocycles. The number of para-hydroxylation sites is 2. The summed E-state index contributed by atoms with van der Waals surface area (Å²) in [5.41, 5.74) is 7.95. The number of rotatable bonds is 42. The lowest BCUT2D eigenvalue weighted by Crippen LogP contribution is -2.16. The molecule has 0 aromatic heterocycles. The minimum absolute atomic E-state index is 0.186. The fourth-order valence-electron chi connectivity index (χ4n) is 4.53. The Hall–Kier alpha value is -3.13. The Morgan fingerprint density at radius 1 is 0.474 bits per heavy atom. The van der Waals surface area contributed by atoms with Gasteiger partial charge in [0.1, 0.15) is 19.0 Å². The molecular formula is C41H68N2O14. The molecule has 326 valence electrons. The van der Waals surface area contributed by atoms with Gasteiger partial charge in [-0.25, -0.2) is 4.79 Å². The average molecular weight is 813 g/mol. The molecule has 2 aromatic rings. The molecule has 2 rings (SSSR count). The van der Waals surface area contributed by atoms with E-state index in [-0.39, 0.29) is 12.6 Å². The molecule has 0 aliphatic rings. The summed E-state index contributed by atoms with van der Waals surface area (Å²) in [5.74, 6) is 0.300. The SMILES string of the molecule is CCCCNc1ccc(C(=O)OCCOCCOCCOCCOCCOCCOCCOCCOCCOCCOCCOCCOc2ccccc2N)cc1.